The van der Waals surface area contributed by atoms with E-state index in [9.17, 15) is 9.59 Å². The van der Waals surface area contributed by atoms with E-state index in [-0.39, 0.29) is 41.7 Å². The maximum atomic E-state index is 14.1. The number of nitrogens with one attached hydrogen (secondary N) is 1. The zero-order valence-corrected chi connectivity index (χ0v) is 31.4. The van der Waals surface area contributed by atoms with E-state index in [4.69, 9.17) is 35.3 Å². The summed E-state index contributed by atoms with van der Waals surface area (Å²) in [5, 5.41) is 3.17. The molecule has 1 aromatic heterocycles. The molecule has 5 rings (SSSR count). The van der Waals surface area contributed by atoms with E-state index in [1.165, 1.54) is 0 Å². The Morgan fingerprint density at radius 1 is 0.900 bits per heavy atom. The molecule has 0 spiro atoms. The number of fused-ring (bicyclic) bond motifs is 1. The van der Waals surface area contributed by atoms with Crippen molar-refractivity contribution in [1.29, 1.82) is 0 Å². The molecular formula is C38H48ClN3O7Si. The second kappa shape index (κ2) is 17.3. The minimum Gasteiger partial charge on any atom is -0.497 e. The average Bonchev–Trinajstić information content (AvgIpc) is 3.63. The molecule has 12 heteroatoms. The van der Waals surface area contributed by atoms with Gasteiger partial charge in [0, 0.05) is 40.0 Å². The number of carbonyl (C=O) groups excluding carboxylic acids is 1. The van der Waals surface area contributed by atoms with Gasteiger partial charge in [0.25, 0.3) is 5.91 Å². The molecule has 2 heterocycles. The van der Waals surface area contributed by atoms with Crippen molar-refractivity contribution < 1.29 is 28.5 Å². The van der Waals surface area contributed by atoms with Crippen molar-refractivity contribution in [3.05, 3.63) is 92.7 Å². The third kappa shape index (κ3) is 9.81. The Kier molecular flexibility index (Phi) is 12.9. The fourth-order valence-electron chi connectivity index (χ4n) is 5.70. The summed E-state index contributed by atoms with van der Waals surface area (Å²) in [6.07, 6.45) is 3.88. The lowest BCUT2D eigenvalue weighted by Crippen LogP contribution is -2.36. The SMILES string of the molecule is COc1ccc(COc2cc3c(c(Cl)c2OCc2ccc(OC)cc2)c(=O)c(C(=O)NCCN2CCCC2)cn3COCC[Si](C)(C)C)cc1. The summed E-state index contributed by atoms with van der Waals surface area (Å²) in [6, 6.07) is 17.7. The first-order chi connectivity index (χ1) is 24.1. The fourth-order valence-corrected chi connectivity index (χ4v) is 6.78. The number of ether oxygens (including phenoxy) is 5. The van der Waals surface area contributed by atoms with Gasteiger partial charge in [-0.3, -0.25) is 9.59 Å². The zero-order valence-electron chi connectivity index (χ0n) is 29.7. The largest absolute Gasteiger partial charge is 0.497 e. The van der Waals surface area contributed by atoms with E-state index in [0.717, 1.165) is 61.1 Å². The van der Waals surface area contributed by atoms with Crippen LogP contribution in [0.3, 0.4) is 0 Å². The molecule has 0 radical (unpaired) electrons. The topological polar surface area (TPSA) is 100 Å². The number of halogens is 1. The minimum absolute atomic E-state index is 0.0115. The zero-order chi connectivity index (χ0) is 35.7. The van der Waals surface area contributed by atoms with E-state index in [2.05, 4.69) is 29.9 Å². The summed E-state index contributed by atoms with van der Waals surface area (Å²) < 4.78 is 31.2. The Morgan fingerprint density at radius 2 is 1.50 bits per heavy atom. The van der Waals surface area contributed by atoms with E-state index in [1.807, 2.05) is 48.5 Å². The normalized spacial score (nSPS) is 13.4. The fraction of sp³-hybridized carbons (Fsp3) is 0.421. The molecule has 1 amide bonds. The van der Waals surface area contributed by atoms with E-state index < -0.39 is 19.4 Å². The van der Waals surface area contributed by atoms with Gasteiger partial charge in [0.15, 0.2) is 11.5 Å². The first-order valence-corrected chi connectivity index (χ1v) is 21.1. The van der Waals surface area contributed by atoms with Crippen LogP contribution in [0.4, 0.5) is 0 Å². The standard InChI is InChI=1S/C38H48ClN3O7Si/c1-45-29-12-8-27(9-13-29)24-48-33-22-32-34(35(39)37(33)49-25-28-10-14-30(46-2)15-11-28)36(43)31(23-42(32)26-47-20-21-50(3,4)5)38(44)40-16-19-41-17-6-7-18-41/h8-15,22-23H,6-7,16-21,24-26H2,1-5H3,(H,40,44). The molecular weight excluding hydrogens is 674 g/mol. The number of hydrogen-bond donors (Lipinski definition) is 1. The number of carbonyl (C=O) groups is 1. The van der Waals surface area contributed by atoms with Crippen LogP contribution in [0, 0.1) is 0 Å². The summed E-state index contributed by atoms with van der Waals surface area (Å²) in [6.45, 7) is 11.1. The van der Waals surface area contributed by atoms with E-state index in [0.29, 0.717) is 24.4 Å². The number of amides is 1. The molecule has 1 saturated heterocycles. The molecule has 3 aromatic carbocycles. The van der Waals surface area contributed by atoms with Crippen LogP contribution in [0.15, 0.2) is 65.6 Å². The Hall–Kier alpha value is -4.03. The molecule has 1 aliphatic heterocycles. The third-order valence-corrected chi connectivity index (χ3v) is 10.8. The van der Waals surface area contributed by atoms with Crippen molar-refractivity contribution in [3.8, 4) is 23.0 Å². The number of methoxy groups -OCH3 is 2. The molecule has 0 atom stereocenters. The van der Waals surface area contributed by atoms with Crippen LogP contribution in [0.25, 0.3) is 10.9 Å². The molecule has 0 unspecified atom stereocenters. The van der Waals surface area contributed by atoms with Gasteiger partial charge in [-0.1, -0.05) is 55.5 Å². The Balaban J connectivity index is 1.53. The Bertz CT molecular complexity index is 1800. The van der Waals surface area contributed by atoms with Crippen molar-refractivity contribution in [3.63, 3.8) is 0 Å². The van der Waals surface area contributed by atoms with Gasteiger partial charge in [-0.25, -0.2) is 0 Å². The van der Waals surface area contributed by atoms with Gasteiger partial charge < -0.3 is 38.5 Å². The lowest BCUT2D eigenvalue weighted by Gasteiger charge is -2.20. The first kappa shape index (κ1) is 37.2. The maximum absolute atomic E-state index is 14.1. The quantitative estimate of drug-likeness (QED) is 0.0923. The lowest BCUT2D eigenvalue weighted by atomic mass is 10.1. The van der Waals surface area contributed by atoms with Crippen molar-refractivity contribution in [2.75, 3.05) is 47.0 Å². The molecule has 50 heavy (non-hydrogen) atoms. The molecule has 1 N–H and O–H groups in total. The van der Waals surface area contributed by atoms with E-state index >= 15 is 0 Å². The smallest absolute Gasteiger partial charge is 0.256 e. The predicted molar refractivity (Wildman–Crippen MR) is 200 cm³/mol. The van der Waals surface area contributed by atoms with Crippen molar-refractivity contribution >= 4 is 36.5 Å². The average molecular weight is 722 g/mol. The molecule has 268 valence electrons. The van der Waals surface area contributed by atoms with Gasteiger partial charge in [0.2, 0.25) is 5.43 Å². The summed E-state index contributed by atoms with van der Waals surface area (Å²) >= 11 is 7.12. The van der Waals surface area contributed by atoms with Crippen LogP contribution in [0.5, 0.6) is 23.0 Å². The highest BCUT2D eigenvalue weighted by molar-refractivity contribution is 6.76. The predicted octanol–water partition coefficient (Wildman–Crippen LogP) is 6.97. The van der Waals surface area contributed by atoms with Gasteiger partial charge in [-0.05, 0) is 67.4 Å². The second-order valence-corrected chi connectivity index (χ2v) is 19.7. The molecule has 10 nitrogen and oxygen atoms in total. The Morgan fingerprint density at radius 3 is 2.08 bits per heavy atom. The van der Waals surface area contributed by atoms with Crippen LogP contribution in [-0.2, 0) is 24.7 Å². The van der Waals surface area contributed by atoms with E-state index in [1.54, 1.807) is 31.0 Å². The monoisotopic (exact) mass is 721 g/mol. The highest BCUT2D eigenvalue weighted by Gasteiger charge is 2.24. The van der Waals surface area contributed by atoms with Crippen LogP contribution < -0.4 is 29.7 Å². The van der Waals surface area contributed by atoms with Crippen molar-refractivity contribution in [1.82, 2.24) is 14.8 Å². The number of aromatic nitrogens is 1. The van der Waals surface area contributed by atoms with Crippen LogP contribution in [0.1, 0.15) is 34.3 Å². The van der Waals surface area contributed by atoms with Crippen molar-refractivity contribution in [2.24, 2.45) is 0 Å². The molecule has 4 aromatic rings. The molecule has 1 fully saturated rings. The summed E-state index contributed by atoms with van der Waals surface area (Å²) in [4.78, 5) is 30.0. The number of rotatable bonds is 17. The van der Waals surface area contributed by atoms with Crippen LogP contribution in [0.2, 0.25) is 30.7 Å². The molecule has 0 aliphatic carbocycles. The summed E-state index contributed by atoms with van der Waals surface area (Å²) in [5.74, 6) is 1.56. The highest BCUT2D eigenvalue weighted by atomic mass is 35.5. The van der Waals surface area contributed by atoms with Gasteiger partial charge >= 0.3 is 0 Å². The number of benzene rings is 3. The number of likely N-dealkylation sites (tertiary alicyclic amines) is 1. The highest BCUT2D eigenvalue weighted by Crippen LogP contribution is 2.41. The first-order valence-electron chi connectivity index (χ1n) is 17.1. The van der Waals surface area contributed by atoms with Gasteiger partial charge in [0.1, 0.15) is 37.0 Å². The van der Waals surface area contributed by atoms with Crippen LogP contribution in [-0.4, -0.2) is 70.5 Å². The van der Waals surface area contributed by atoms with Gasteiger partial charge in [-0.2, -0.15) is 0 Å². The number of pyridine rings is 1. The summed E-state index contributed by atoms with van der Waals surface area (Å²) in [7, 11) is 1.87. The number of hydrogen-bond acceptors (Lipinski definition) is 8. The van der Waals surface area contributed by atoms with Gasteiger partial charge in [0.05, 0.1) is 30.1 Å². The van der Waals surface area contributed by atoms with Crippen molar-refractivity contribution in [2.45, 2.75) is 58.5 Å². The van der Waals surface area contributed by atoms with Gasteiger partial charge in [-0.15, -0.1) is 0 Å². The maximum Gasteiger partial charge on any atom is 0.256 e. The molecule has 0 saturated carbocycles. The Labute approximate surface area is 300 Å². The molecule has 1 aliphatic rings. The number of nitrogens with zero attached hydrogens (tertiary/aromatic N) is 2. The van der Waals surface area contributed by atoms with Crippen LogP contribution >= 0.6 is 11.6 Å². The summed E-state index contributed by atoms with van der Waals surface area (Å²) in [5.41, 5.74) is 1.74. The second-order valence-electron chi connectivity index (χ2n) is 13.7. The lowest BCUT2D eigenvalue weighted by molar-refractivity contribution is 0.0885. The minimum atomic E-state index is -1.36. The molecule has 0 bridgehead atoms. The third-order valence-electron chi connectivity index (χ3n) is 8.71.